The third-order valence-electron chi connectivity index (χ3n) is 1.13. The number of likely N-dealkylation sites (N-methyl/N-ethyl adjacent to an activating group) is 1. The number of carboxylic acids is 1. The number of hydrogen-bond donors (Lipinski definition) is 3. The molecular formula is C5H13NO3S. The van der Waals surface area contributed by atoms with E-state index in [0.29, 0.717) is 0 Å². The van der Waals surface area contributed by atoms with E-state index < -0.39 is 5.97 Å². The van der Waals surface area contributed by atoms with Gasteiger partial charge in [-0.25, -0.2) is 0 Å². The number of hydrogen-bond acceptors (Lipinski definition) is 4. The fraction of sp³-hybridized carbons (Fsp3) is 0.800. The maximum Gasteiger partial charge on any atom is 0.320 e. The zero-order valence-electron chi connectivity index (χ0n) is 6.27. The van der Waals surface area contributed by atoms with Crippen LogP contribution in [0.15, 0.2) is 0 Å². The number of nitrogens with zero attached hydrogens (tertiary/aromatic N) is 1. The molecule has 0 aliphatic heterocycles. The first-order chi connectivity index (χ1) is 4.55. The second-order valence-electron chi connectivity index (χ2n) is 1.98. The van der Waals surface area contributed by atoms with Crippen LogP contribution in [0.4, 0.5) is 0 Å². The molecule has 0 saturated heterocycles. The Kier molecular flexibility index (Phi) is 8.51. The van der Waals surface area contributed by atoms with Gasteiger partial charge < -0.3 is 9.66 Å². The van der Waals surface area contributed by atoms with Crippen molar-refractivity contribution in [1.82, 2.24) is 4.90 Å². The van der Waals surface area contributed by atoms with Gasteiger partial charge in [0.15, 0.2) is 0 Å². The summed E-state index contributed by atoms with van der Waals surface area (Å²) in [5.74, 6) is -0.782. The van der Waals surface area contributed by atoms with Crippen LogP contribution >= 0.6 is 12.9 Å². The van der Waals surface area contributed by atoms with Crippen LogP contribution in [0, 0.1) is 0 Å². The van der Waals surface area contributed by atoms with E-state index in [1.54, 1.807) is 25.9 Å². The summed E-state index contributed by atoms with van der Waals surface area (Å²) in [5.41, 5.74) is 0. The highest BCUT2D eigenvalue weighted by atomic mass is 32.1. The number of carbonyl (C=O) groups is 1. The van der Waals surface area contributed by atoms with E-state index in [2.05, 4.69) is 12.9 Å². The van der Waals surface area contributed by atoms with Gasteiger partial charge >= 0.3 is 5.97 Å². The topological polar surface area (TPSA) is 60.8 Å². The molecule has 0 aromatic heterocycles. The van der Waals surface area contributed by atoms with Gasteiger partial charge in [0.2, 0.25) is 0 Å². The lowest BCUT2D eigenvalue weighted by atomic mass is 10.3. The largest absolute Gasteiger partial charge is 0.480 e. The highest BCUT2D eigenvalue weighted by Gasteiger charge is 2.11. The average Bonchev–Trinajstić information content (AvgIpc) is 1.90. The van der Waals surface area contributed by atoms with Gasteiger partial charge in [-0.1, -0.05) is 0 Å². The van der Waals surface area contributed by atoms with Crippen LogP contribution in [0.1, 0.15) is 6.92 Å². The van der Waals surface area contributed by atoms with Gasteiger partial charge in [0.1, 0.15) is 6.04 Å². The van der Waals surface area contributed by atoms with Crippen LogP contribution in [0.25, 0.3) is 0 Å². The minimum atomic E-state index is -0.782. The lowest BCUT2D eigenvalue weighted by Crippen LogP contribution is -2.32. The van der Waals surface area contributed by atoms with Crippen molar-refractivity contribution in [3.8, 4) is 0 Å². The van der Waals surface area contributed by atoms with Crippen LogP contribution in [0.3, 0.4) is 0 Å². The zero-order valence-corrected chi connectivity index (χ0v) is 7.17. The predicted molar refractivity (Wildman–Crippen MR) is 42.4 cm³/mol. The molecule has 0 amide bonds. The molecule has 5 heteroatoms. The summed E-state index contributed by atoms with van der Waals surface area (Å²) in [6.07, 6.45) is 0. The van der Waals surface area contributed by atoms with Gasteiger partial charge in [-0.15, -0.1) is 0 Å². The van der Waals surface area contributed by atoms with E-state index in [1.165, 1.54) is 0 Å². The standard InChI is InChI=1S/C5H11NO2.H2OS/c1-4(5(7)8)6(2)3;1-2/h4H,1-3H3,(H,7,8);1-2H. The van der Waals surface area contributed by atoms with Gasteiger partial charge in [-0.3, -0.25) is 9.69 Å². The zero-order chi connectivity index (χ0) is 8.73. The molecule has 0 aromatic carbocycles. The molecule has 0 aromatic rings. The van der Waals surface area contributed by atoms with Crippen molar-refractivity contribution >= 4 is 18.9 Å². The van der Waals surface area contributed by atoms with E-state index in [4.69, 9.17) is 9.66 Å². The fourth-order valence-corrected chi connectivity index (χ4v) is 0.221. The van der Waals surface area contributed by atoms with E-state index in [9.17, 15) is 4.79 Å². The Labute approximate surface area is 66.1 Å². The normalized spacial score (nSPS) is 11.8. The molecule has 2 N–H and O–H groups in total. The smallest absolute Gasteiger partial charge is 0.320 e. The number of thiol groups is 1. The highest BCUT2D eigenvalue weighted by molar-refractivity contribution is 7.74. The van der Waals surface area contributed by atoms with Crippen molar-refractivity contribution in [1.29, 1.82) is 0 Å². The Morgan fingerprint density at radius 1 is 1.50 bits per heavy atom. The molecule has 1 atom stereocenters. The molecule has 0 rings (SSSR count). The summed E-state index contributed by atoms with van der Waals surface area (Å²) in [7, 11) is 3.47. The SMILES string of the molecule is CC(C(=O)O)N(C)C.OS. The van der Waals surface area contributed by atoms with Crippen molar-refractivity contribution in [2.45, 2.75) is 13.0 Å². The number of carboxylic acid groups (broad SMARTS) is 1. The predicted octanol–water partition coefficient (Wildman–Crippen LogP) is 0.410. The molecule has 0 radical (unpaired) electrons. The molecule has 0 fully saturated rings. The van der Waals surface area contributed by atoms with Gasteiger partial charge in [0.05, 0.1) is 0 Å². The Morgan fingerprint density at radius 2 is 1.80 bits per heavy atom. The first-order valence-electron chi connectivity index (χ1n) is 2.65. The molecule has 10 heavy (non-hydrogen) atoms. The molecule has 4 nitrogen and oxygen atoms in total. The summed E-state index contributed by atoms with van der Waals surface area (Å²) in [5, 5.41) is 8.31. The van der Waals surface area contributed by atoms with Crippen LogP contribution in [0.2, 0.25) is 0 Å². The number of aliphatic carboxylic acids is 1. The van der Waals surface area contributed by atoms with E-state index >= 15 is 0 Å². The van der Waals surface area contributed by atoms with Crippen molar-refractivity contribution in [3.05, 3.63) is 0 Å². The Balaban J connectivity index is 0. The third-order valence-corrected chi connectivity index (χ3v) is 1.13. The summed E-state index contributed by atoms with van der Waals surface area (Å²) in [4.78, 5) is 11.7. The quantitative estimate of drug-likeness (QED) is 0.412. The summed E-state index contributed by atoms with van der Waals surface area (Å²) in [6.45, 7) is 1.64. The van der Waals surface area contributed by atoms with Gasteiger partial charge in [-0.05, 0) is 33.9 Å². The Bertz CT molecular complexity index is 96.9. The van der Waals surface area contributed by atoms with E-state index in [-0.39, 0.29) is 6.04 Å². The molecule has 0 aliphatic rings. The molecule has 1 unspecified atom stereocenters. The molecule has 62 valence electrons. The Morgan fingerprint density at radius 3 is 1.80 bits per heavy atom. The lowest BCUT2D eigenvalue weighted by Gasteiger charge is -2.13. The van der Waals surface area contributed by atoms with Gasteiger partial charge in [-0.2, -0.15) is 0 Å². The van der Waals surface area contributed by atoms with Crippen LogP contribution in [-0.4, -0.2) is 40.7 Å². The van der Waals surface area contributed by atoms with Gasteiger partial charge in [0, 0.05) is 0 Å². The van der Waals surface area contributed by atoms with Crippen molar-refractivity contribution in [2.75, 3.05) is 14.1 Å². The highest BCUT2D eigenvalue weighted by Crippen LogP contribution is 1.88. The second kappa shape index (κ2) is 6.85. The fourth-order valence-electron chi connectivity index (χ4n) is 0.221. The van der Waals surface area contributed by atoms with Crippen molar-refractivity contribution < 1.29 is 14.5 Å². The summed E-state index contributed by atoms with van der Waals surface area (Å²) >= 11 is 2.53. The molecule has 0 saturated carbocycles. The minimum absolute atomic E-state index is 0.380. The molecule has 0 bridgehead atoms. The molecule has 0 aliphatic carbocycles. The van der Waals surface area contributed by atoms with E-state index in [1.807, 2.05) is 0 Å². The monoisotopic (exact) mass is 167 g/mol. The molecule has 0 spiro atoms. The minimum Gasteiger partial charge on any atom is -0.480 e. The Hall–Kier alpha value is -0.260. The summed E-state index contributed by atoms with van der Waals surface area (Å²) in [6, 6.07) is -0.380. The lowest BCUT2D eigenvalue weighted by molar-refractivity contribution is -0.141. The van der Waals surface area contributed by atoms with Crippen molar-refractivity contribution in [3.63, 3.8) is 0 Å². The van der Waals surface area contributed by atoms with Crippen LogP contribution in [0.5, 0.6) is 0 Å². The van der Waals surface area contributed by atoms with E-state index in [0.717, 1.165) is 0 Å². The molecule has 0 heterocycles. The van der Waals surface area contributed by atoms with Crippen LogP contribution < -0.4 is 0 Å². The third kappa shape index (κ3) is 5.87. The van der Waals surface area contributed by atoms with Crippen LogP contribution in [-0.2, 0) is 4.79 Å². The second-order valence-corrected chi connectivity index (χ2v) is 1.98. The van der Waals surface area contributed by atoms with Crippen molar-refractivity contribution in [2.24, 2.45) is 0 Å². The first kappa shape index (κ1) is 12.4. The number of rotatable bonds is 2. The van der Waals surface area contributed by atoms with Gasteiger partial charge in [0.25, 0.3) is 0 Å². The summed E-state index contributed by atoms with van der Waals surface area (Å²) < 4.78 is 6.69. The molecular weight excluding hydrogens is 154 g/mol. The average molecular weight is 167 g/mol. The maximum atomic E-state index is 10.1. The maximum absolute atomic E-state index is 10.1. The first-order valence-corrected chi connectivity index (χ1v) is 3.05.